The van der Waals surface area contributed by atoms with Crippen molar-refractivity contribution >= 4 is 24.2 Å². The monoisotopic (exact) mass is 205 g/mol. The van der Waals surface area contributed by atoms with Gasteiger partial charge in [0, 0.05) is 11.8 Å². The summed E-state index contributed by atoms with van der Waals surface area (Å²) in [6.45, 7) is 0.408. The molecule has 0 aromatic heterocycles. The first-order chi connectivity index (χ1) is 5.65. The maximum atomic E-state index is 12.7. The fourth-order valence-corrected chi connectivity index (χ4v) is 1.21. The predicted molar refractivity (Wildman–Crippen MR) is 52.2 cm³/mol. The average Bonchev–Trinajstić information content (AvgIpc) is 2.08. The number of halogens is 2. The van der Waals surface area contributed by atoms with Gasteiger partial charge in [-0.3, -0.25) is 0 Å². The van der Waals surface area contributed by atoms with Crippen molar-refractivity contribution in [1.82, 2.24) is 0 Å². The highest BCUT2D eigenvalue weighted by molar-refractivity contribution is 7.80. The van der Waals surface area contributed by atoms with Crippen molar-refractivity contribution in [3.8, 4) is 0 Å². The van der Waals surface area contributed by atoms with E-state index in [-0.39, 0.29) is 10.3 Å². The summed E-state index contributed by atoms with van der Waals surface area (Å²) in [6.07, 6.45) is 0. The van der Waals surface area contributed by atoms with E-state index in [2.05, 4.69) is 12.6 Å². The van der Waals surface area contributed by atoms with E-state index >= 15 is 0 Å². The molecule has 1 aromatic carbocycles. The average molecular weight is 206 g/mol. The number of benzene rings is 1. The standard InChI is InChI=1S/C8H9ClFNS/c9-6-3-5(8(12)4-11)1-2-7(6)10/h1-3,8,12H,4,11H2. The molecule has 0 radical (unpaired) electrons. The van der Waals surface area contributed by atoms with Crippen LogP contribution in [0.5, 0.6) is 0 Å². The minimum Gasteiger partial charge on any atom is -0.329 e. The second kappa shape index (κ2) is 4.12. The second-order valence-corrected chi connectivity index (χ2v) is 3.46. The van der Waals surface area contributed by atoms with Crippen LogP contribution in [0, 0.1) is 5.82 Å². The lowest BCUT2D eigenvalue weighted by atomic mass is 10.1. The maximum Gasteiger partial charge on any atom is 0.141 e. The van der Waals surface area contributed by atoms with Crippen molar-refractivity contribution in [2.24, 2.45) is 5.73 Å². The maximum absolute atomic E-state index is 12.7. The quantitative estimate of drug-likeness (QED) is 0.713. The molecule has 1 aromatic rings. The van der Waals surface area contributed by atoms with Gasteiger partial charge in [0.25, 0.3) is 0 Å². The van der Waals surface area contributed by atoms with Gasteiger partial charge in [-0.05, 0) is 17.7 Å². The Hall–Kier alpha value is -0.250. The minimum absolute atomic E-state index is 0.0805. The van der Waals surface area contributed by atoms with Crippen molar-refractivity contribution in [3.63, 3.8) is 0 Å². The molecule has 1 rings (SSSR count). The van der Waals surface area contributed by atoms with Gasteiger partial charge in [0.05, 0.1) is 5.02 Å². The summed E-state index contributed by atoms with van der Waals surface area (Å²) in [5, 5.41) is 0.0306. The molecule has 12 heavy (non-hydrogen) atoms. The van der Waals surface area contributed by atoms with Crippen LogP contribution in [0.15, 0.2) is 18.2 Å². The zero-order valence-corrected chi connectivity index (χ0v) is 7.95. The number of hydrogen-bond donors (Lipinski definition) is 2. The molecule has 0 aliphatic heterocycles. The van der Waals surface area contributed by atoms with E-state index in [1.165, 1.54) is 6.07 Å². The summed E-state index contributed by atoms with van der Waals surface area (Å²) in [6, 6.07) is 4.49. The molecule has 0 saturated heterocycles. The summed E-state index contributed by atoms with van der Waals surface area (Å²) in [5.74, 6) is -0.419. The van der Waals surface area contributed by atoms with Crippen LogP contribution >= 0.6 is 24.2 Å². The Morgan fingerprint density at radius 3 is 2.75 bits per heavy atom. The Balaban J connectivity index is 2.96. The molecule has 1 unspecified atom stereocenters. The first-order valence-corrected chi connectivity index (χ1v) is 4.37. The van der Waals surface area contributed by atoms with Crippen LogP contribution in [0.2, 0.25) is 5.02 Å². The fourth-order valence-electron chi connectivity index (χ4n) is 0.856. The largest absolute Gasteiger partial charge is 0.329 e. The summed E-state index contributed by atoms with van der Waals surface area (Å²) < 4.78 is 12.7. The molecule has 0 fully saturated rings. The van der Waals surface area contributed by atoms with Crippen LogP contribution in [0.1, 0.15) is 10.8 Å². The Morgan fingerprint density at radius 1 is 1.58 bits per heavy atom. The lowest BCUT2D eigenvalue weighted by Gasteiger charge is -2.07. The molecule has 0 aliphatic rings. The lowest BCUT2D eigenvalue weighted by molar-refractivity contribution is 0.627. The summed E-state index contributed by atoms with van der Waals surface area (Å²) in [5.41, 5.74) is 6.22. The third-order valence-corrected chi connectivity index (χ3v) is 2.35. The van der Waals surface area contributed by atoms with E-state index in [4.69, 9.17) is 17.3 Å². The van der Waals surface area contributed by atoms with Gasteiger partial charge in [0.1, 0.15) is 5.82 Å². The summed E-state index contributed by atoms with van der Waals surface area (Å²) in [4.78, 5) is 0. The molecule has 1 nitrogen and oxygen atoms in total. The van der Waals surface area contributed by atoms with Crippen LogP contribution < -0.4 is 5.73 Å². The van der Waals surface area contributed by atoms with E-state index in [1.807, 2.05) is 0 Å². The molecule has 2 N–H and O–H groups in total. The third-order valence-electron chi connectivity index (χ3n) is 1.55. The Kier molecular flexibility index (Phi) is 3.38. The molecule has 0 spiro atoms. The molecular formula is C8H9ClFNS. The van der Waals surface area contributed by atoms with Crippen LogP contribution in [0.3, 0.4) is 0 Å². The highest BCUT2D eigenvalue weighted by Crippen LogP contribution is 2.23. The van der Waals surface area contributed by atoms with E-state index in [0.29, 0.717) is 6.54 Å². The summed E-state index contributed by atoms with van der Waals surface area (Å²) >= 11 is 9.76. The highest BCUT2D eigenvalue weighted by atomic mass is 35.5. The van der Waals surface area contributed by atoms with Crippen molar-refractivity contribution < 1.29 is 4.39 Å². The van der Waals surface area contributed by atoms with Crippen molar-refractivity contribution in [2.45, 2.75) is 5.25 Å². The SMILES string of the molecule is NCC(S)c1ccc(F)c(Cl)c1. The highest BCUT2D eigenvalue weighted by Gasteiger charge is 2.06. The van der Waals surface area contributed by atoms with E-state index < -0.39 is 5.82 Å². The molecule has 0 saturated carbocycles. The number of hydrogen-bond acceptors (Lipinski definition) is 2. The Labute approximate surface area is 81.1 Å². The van der Waals surface area contributed by atoms with Crippen LogP contribution in [-0.4, -0.2) is 6.54 Å². The first kappa shape index (κ1) is 9.84. The minimum atomic E-state index is -0.419. The van der Waals surface area contributed by atoms with Crippen molar-refractivity contribution in [3.05, 3.63) is 34.6 Å². The van der Waals surface area contributed by atoms with Gasteiger partial charge in [0.2, 0.25) is 0 Å². The molecule has 0 bridgehead atoms. The van der Waals surface area contributed by atoms with Gasteiger partial charge in [0.15, 0.2) is 0 Å². The predicted octanol–water partition coefficient (Wildman–Crippen LogP) is 2.41. The van der Waals surface area contributed by atoms with Crippen molar-refractivity contribution in [2.75, 3.05) is 6.54 Å². The van der Waals surface area contributed by atoms with Crippen LogP contribution in [0.4, 0.5) is 4.39 Å². The van der Waals surface area contributed by atoms with E-state index in [9.17, 15) is 4.39 Å². The number of nitrogens with two attached hydrogens (primary N) is 1. The normalized spacial score (nSPS) is 13.0. The Morgan fingerprint density at radius 2 is 2.25 bits per heavy atom. The molecule has 1 atom stereocenters. The molecule has 0 heterocycles. The van der Waals surface area contributed by atoms with Gasteiger partial charge in [-0.1, -0.05) is 17.7 Å². The zero-order chi connectivity index (χ0) is 9.14. The number of thiol groups is 1. The van der Waals surface area contributed by atoms with Gasteiger partial charge in [-0.2, -0.15) is 12.6 Å². The van der Waals surface area contributed by atoms with Gasteiger partial charge < -0.3 is 5.73 Å². The molecular weight excluding hydrogens is 197 g/mol. The van der Waals surface area contributed by atoms with Gasteiger partial charge in [-0.15, -0.1) is 0 Å². The smallest absolute Gasteiger partial charge is 0.141 e. The summed E-state index contributed by atoms with van der Waals surface area (Å²) in [7, 11) is 0. The van der Waals surface area contributed by atoms with E-state index in [1.54, 1.807) is 12.1 Å². The van der Waals surface area contributed by atoms with Crippen LogP contribution in [0.25, 0.3) is 0 Å². The molecule has 0 amide bonds. The molecule has 0 aliphatic carbocycles. The lowest BCUT2D eigenvalue weighted by Crippen LogP contribution is -2.06. The zero-order valence-electron chi connectivity index (χ0n) is 6.30. The molecule has 4 heteroatoms. The van der Waals surface area contributed by atoms with Crippen LogP contribution in [-0.2, 0) is 0 Å². The third kappa shape index (κ3) is 2.12. The van der Waals surface area contributed by atoms with E-state index in [0.717, 1.165) is 5.56 Å². The first-order valence-electron chi connectivity index (χ1n) is 3.48. The molecule has 66 valence electrons. The second-order valence-electron chi connectivity index (χ2n) is 2.43. The number of rotatable bonds is 2. The van der Waals surface area contributed by atoms with Crippen molar-refractivity contribution in [1.29, 1.82) is 0 Å². The fraction of sp³-hybridized carbons (Fsp3) is 0.250. The topological polar surface area (TPSA) is 26.0 Å². The van der Waals surface area contributed by atoms with Gasteiger partial charge >= 0.3 is 0 Å². The van der Waals surface area contributed by atoms with Gasteiger partial charge in [-0.25, -0.2) is 4.39 Å². The Bertz CT molecular complexity index is 280.